The molecule has 1 N–H and O–H groups in total. The fraction of sp³-hybridized carbons (Fsp3) is 0.286. The molecule has 0 spiro atoms. The van der Waals surface area contributed by atoms with Gasteiger partial charge in [0.05, 0.1) is 6.42 Å². The van der Waals surface area contributed by atoms with E-state index in [2.05, 4.69) is 26.1 Å². The molecular formula is C21H22ClNO4. The second-order valence-corrected chi connectivity index (χ2v) is 7.61. The number of rotatable bonds is 5. The van der Waals surface area contributed by atoms with Gasteiger partial charge in [-0.3, -0.25) is 19.7 Å². The van der Waals surface area contributed by atoms with Crippen molar-refractivity contribution < 1.29 is 19.1 Å². The molecule has 0 aliphatic rings. The van der Waals surface area contributed by atoms with Gasteiger partial charge in [0.1, 0.15) is 0 Å². The van der Waals surface area contributed by atoms with Crippen molar-refractivity contribution in [3.05, 3.63) is 70.2 Å². The van der Waals surface area contributed by atoms with Crippen molar-refractivity contribution in [2.45, 2.75) is 32.6 Å². The van der Waals surface area contributed by atoms with Gasteiger partial charge in [0, 0.05) is 10.6 Å². The lowest BCUT2D eigenvalue weighted by molar-refractivity contribution is -0.147. The van der Waals surface area contributed by atoms with E-state index in [0.29, 0.717) is 10.6 Å². The molecule has 2 rings (SSSR count). The number of benzene rings is 2. The summed E-state index contributed by atoms with van der Waals surface area (Å²) >= 11 is 5.78. The second kappa shape index (κ2) is 8.82. The van der Waals surface area contributed by atoms with E-state index < -0.39 is 24.4 Å². The summed E-state index contributed by atoms with van der Waals surface area (Å²) in [6.45, 7) is 5.70. The predicted octanol–water partition coefficient (Wildman–Crippen LogP) is 3.68. The van der Waals surface area contributed by atoms with Gasteiger partial charge >= 0.3 is 5.97 Å². The van der Waals surface area contributed by atoms with Gasteiger partial charge in [0.25, 0.3) is 11.8 Å². The minimum atomic E-state index is -0.677. The Morgan fingerprint density at radius 1 is 0.963 bits per heavy atom. The molecule has 0 aliphatic carbocycles. The van der Waals surface area contributed by atoms with Crippen LogP contribution in [0.3, 0.4) is 0 Å². The first kappa shape index (κ1) is 20.6. The van der Waals surface area contributed by atoms with Crippen molar-refractivity contribution in [1.29, 1.82) is 0 Å². The monoisotopic (exact) mass is 387 g/mol. The van der Waals surface area contributed by atoms with Crippen LogP contribution >= 0.6 is 11.6 Å². The summed E-state index contributed by atoms with van der Waals surface area (Å²) in [6.07, 6.45) is 0.0205. The highest BCUT2D eigenvalue weighted by Crippen LogP contribution is 2.22. The van der Waals surface area contributed by atoms with Crippen LogP contribution in [0, 0.1) is 0 Å². The van der Waals surface area contributed by atoms with E-state index in [1.165, 1.54) is 0 Å². The standard InChI is InChI=1S/C21H22ClNO4/c1-21(2,3)16-8-6-15(7-9-16)20(26)23-18(24)13-27-19(25)12-14-4-10-17(22)11-5-14/h4-11H,12-13H2,1-3H3,(H,23,24,26). The maximum Gasteiger partial charge on any atom is 0.310 e. The third-order valence-electron chi connectivity index (χ3n) is 3.89. The van der Waals surface area contributed by atoms with Crippen molar-refractivity contribution in [3.8, 4) is 0 Å². The molecule has 2 aromatic rings. The normalized spacial score (nSPS) is 11.0. The first-order chi connectivity index (χ1) is 12.6. The summed E-state index contributed by atoms with van der Waals surface area (Å²) in [5.41, 5.74) is 2.15. The van der Waals surface area contributed by atoms with Crippen molar-refractivity contribution in [2.24, 2.45) is 0 Å². The Labute approximate surface area is 163 Å². The van der Waals surface area contributed by atoms with Crippen LogP contribution in [0.4, 0.5) is 0 Å². The summed E-state index contributed by atoms with van der Waals surface area (Å²) in [5.74, 6) is -1.77. The van der Waals surface area contributed by atoms with Crippen LogP contribution in [0.5, 0.6) is 0 Å². The molecule has 2 amide bonds. The maximum atomic E-state index is 12.1. The highest BCUT2D eigenvalue weighted by atomic mass is 35.5. The molecule has 0 atom stereocenters. The Hall–Kier alpha value is -2.66. The van der Waals surface area contributed by atoms with E-state index >= 15 is 0 Å². The van der Waals surface area contributed by atoms with Crippen LogP contribution in [0.2, 0.25) is 5.02 Å². The highest BCUT2D eigenvalue weighted by molar-refractivity contribution is 6.30. The lowest BCUT2D eigenvalue weighted by Gasteiger charge is -2.18. The van der Waals surface area contributed by atoms with Gasteiger partial charge in [-0.1, -0.05) is 56.6 Å². The number of nitrogens with one attached hydrogen (secondary N) is 1. The van der Waals surface area contributed by atoms with E-state index in [4.69, 9.17) is 16.3 Å². The number of hydrogen-bond donors (Lipinski definition) is 1. The Balaban J connectivity index is 1.81. The summed E-state index contributed by atoms with van der Waals surface area (Å²) in [6, 6.07) is 13.8. The average Bonchev–Trinajstić information content (AvgIpc) is 2.61. The summed E-state index contributed by atoms with van der Waals surface area (Å²) in [4.78, 5) is 35.7. The summed E-state index contributed by atoms with van der Waals surface area (Å²) in [5, 5.41) is 2.78. The van der Waals surface area contributed by atoms with E-state index in [0.717, 1.165) is 11.1 Å². The van der Waals surface area contributed by atoms with E-state index in [-0.39, 0.29) is 11.8 Å². The van der Waals surface area contributed by atoms with Crippen LogP contribution in [0.15, 0.2) is 48.5 Å². The van der Waals surface area contributed by atoms with Crippen molar-refractivity contribution in [3.63, 3.8) is 0 Å². The summed E-state index contributed by atoms with van der Waals surface area (Å²) < 4.78 is 4.90. The molecule has 0 aliphatic heterocycles. The number of hydrogen-bond acceptors (Lipinski definition) is 4. The quantitative estimate of drug-likeness (QED) is 0.794. The first-order valence-corrected chi connectivity index (χ1v) is 8.88. The molecule has 6 heteroatoms. The molecule has 0 saturated heterocycles. The molecule has 0 fully saturated rings. The van der Waals surface area contributed by atoms with Gasteiger partial charge in [-0.2, -0.15) is 0 Å². The number of carbonyl (C=O) groups excluding carboxylic acids is 3. The first-order valence-electron chi connectivity index (χ1n) is 8.50. The largest absolute Gasteiger partial charge is 0.455 e. The molecule has 0 aromatic heterocycles. The minimum Gasteiger partial charge on any atom is -0.455 e. The zero-order valence-electron chi connectivity index (χ0n) is 15.5. The van der Waals surface area contributed by atoms with E-state index in [9.17, 15) is 14.4 Å². The molecule has 2 aromatic carbocycles. The Morgan fingerprint density at radius 3 is 2.11 bits per heavy atom. The van der Waals surface area contributed by atoms with Gasteiger partial charge in [-0.15, -0.1) is 0 Å². The van der Waals surface area contributed by atoms with Crippen LogP contribution in [0.1, 0.15) is 42.3 Å². The van der Waals surface area contributed by atoms with Crippen LogP contribution in [-0.4, -0.2) is 24.4 Å². The molecule has 27 heavy (non-hydrogen) atoms. The number of esters is 1. The van der Waals surface area contributed by atoms with Gasteiger partial charge < -0.3 is 4.74 Å². The highest BCUT2D eigenvalue weighted by Gasteiger charge is 2.16. The zero-order valence-corrected chi connectivity index (χ0v) is 16.3. The SMILES string of the molecule is CC(C)(C)c1ccc(C(=O)NC(=O)COC(=O)Cc2ccc(Cl)cc2)cc1. The van der Waals surface area contributed by atoms with Crippen molar-refractivity contribution in [1.82, 2.24) is 5.32 Å². The molecule has 0 saturated carbocycles. The lowest BCUT2D eigenvalue weighted by atomic mass is 9.87. The number of ether oxygens (including phenoxy) is 1. The van der Waals surface area contributed by atoms with Gasteiger partial charge in [-0.25, -0.2) is 0 Å². The molecule has 5 nitrogen and oxygen atoms in total. The molecule has 0 bridgehead atoms. The Kier molecular flexibility index (Phi) is 6.75. The fourth-order valence-corrected chi connectivity index (χ4v) is 2.45. The molecular weight excluding hydrogens is 366 g/mol. The maximum absolute atomic E-state index is 12.1. The van der Waals surface area contributed by atoms with Crippen LogP contribution in [0.25, 0.3) is 0 Å². The summed E-state index contributed by atoms with van der Waals surface area (Å²) in [7, 11) is 0. The predicted molar refractivity (Wildman–Crippen MR) is 104 cm³/mol. The minimum absolute atomic E-state index is 0.0205. The van der Waals surface area contributed by atoms with Gasteiger partial charge in [0.15, 0.2) is 6.61 Å². The van der Waals surface area contributed by atoms with Crippen molar-refractivity contribution >= 4 is 29.4 Å². The third kappa shape index (κ3) is 6.53. The van der Waals surface area contributed by atoms with Crippen molar-refractivity contribution in [2.75, 3.05) is 6.61 Å². The number of imide groups is 1. The Morgan fingerprint density at radius 2 is 1.56 bits per heavy atom. The number of amides is 2. The smallest absolute Gasteiger partial charge is 0.310 e. The van der Waals surface area contributed by atoms with Crippen LogP contribution in [-0.2, 0) is 26.2 Å². The van der Waals surface area contributed by atoms with E-state index in [1.807, 2.05) is 12.1 Å². The lowest BCUT2D eigenvalue weighted by Crippen LogP contribution is -2.34. The number of carbonyl (C=O) groups is 3. The topological polar surface area (TPSA) is 72.5 Å². The fourth-order valence-electron chi connectivity index (χ4n) is 2.32. The Bertz CT molecular complexity index is 821. The third-order valence-corrected chi connectivity index (χ3v) is 4.14. The molecule has 0 heterocycles. The second-order valence-electron chi connectivity index (χ2n) is 7.17. The van der Waals surface area contributed by atoms with Crippen LogP contribution < -0.4 is 5.32 Å². The zero-order chi connectivity index (χ0) is 20.0. The average molecular weight is 388 g/mol. The molecule has 142 valence electrons. The molecule has 0 radical (unpaired) electrons. The van der Waals surface area contributed by atoms with Gasteiger partial charge in [0.2, 0.25) is 0 Å². The molecule has 0 unspecified atom stereocenters. The van der Waals surface area contributed by atoms with E-state index in [1.54, 1.807) is 36.4 Å². The van der Waals surface area contributed by atoms with Gasteiger partial charge in [-0.05, 0) is 40.8 Å². The number of halogens is 1.